The Labute approximate surface area is 122 Å². The van der Waals surface area contributed by atoms with Crippen molar-refractivity contribution in [1.82, 2.24) is 10.2 Å². The third-order valence-corrected chi connectivity index (χ3v) is 3.25. The molecule has 7 heteroatoms. The van der Waals surface area contributed by atoms with Gasteiger partial charge >= 0.3 is 0 Å². The third-order valence-electron chi connectivity index (χ3n) is 3.25. The number of rotatable bonds is 5. The van der Waals surface area contributed by atoms with Crippen molar-refractivity contribution in [2.45, 2.75) is 25.6 Å². The van der Waals surface area contributed by atoms with Gasteiger partial charge in [-0.1, -0.05) is 0 Å². The van der Waals surface area contributed by atoms with Crippen LogP contribution in [-0.4, -0.2) is 60.3 Å². The molecule has 1 aromatic rings. The van der Waals surface area contributed by atoms with Gasteiger partial charge in [0.15, 0.2) is 5.76 Å². The lowest BCUT2D eigenvalue weighted by Gasteiger charge is -2.36. The van der Waals surface area contributed by atoms with Crippen LogP contribution in [0.3, 0.4) is 0 Å². The van der Waals surface area contributed by atoms with E-state index in [1.54, 1.807) is 17.0 Å². The van der Waals surface area contributed by atoms with Gasteiger partial charge in [0.1, 0.15) is 0 Å². The predicted molar refractivity (Wildman–Crippen MR) is 73.7 cm³/mol. The van der Waals surface area contributed by atoms with Crippen molar-refractivity contribution in [2.24, 2.45) is 0 Å². The van der Waals surface area contributed by atoms with Crippen LogP contribution in [0, 0.1) is 0 Å². The number of nitrogens with zero attached hydrogens (tertiary/aromatic N) is 1. The maximum absolute atomic E-state index is 12.1. The van der Waals surface area contributed by atoms with Gasteiger partial charge in [-0.05, 0) is 19.1 Å². The number of furan rings is 1. The van der Waals surface area contributed by atoms with Gasteiger partial charge < -0.3 is 24.5 Å². The summed E-state index contributed by atoms with van der Waals surface area (Å²) in [6.45, 7) is 2.88. The summed E-state index contributed by atoms with van der Waals surface area (Å²) in [5.41, 5.74) is 0. The monoisotopic (exact) mass is 296 g/mol. The number of nitrogens with one attached hydrogen (secondary N) is 1. The summed E-state index contributed by atoms with van der Waals surface area (Å²) in [5.74, 6) is -0.178. The number of amides is 2. The summed E-state index contributed by atoms with van der Waals surface area (Å²) in [4.78, 5) is 25.4. The summed E-state index contributed by atoms with van der Waals surface area (Å²) < 4.78 is 10.4. The van der Waals surface area contributed by atoms with Gasteiger partial charge in [0, 0.05) is 26.1 Å². The largest absolute Gasteiger partial charge is 0.459 e. The minimum atomic E-state index is -0.338. The zero-order valence-corrected chi connectivity index (χ0v) is 11.9. The number of hydrogen-bond acceptors (Lipinski definition) is 5. The highest BCUT2D eigenvalue weighted by molar-refractivity contribution is 5.91. The second-order valence-electron chi connectivity index (χ2n) is 5.03. The molecule has 2 heterocycles. The van der Waals surface area contributed by atoms with Crippen molar-refractivity contribution in [2.75, 3.05) is 26.2 Å². The Kier molecular flexibility index (Phi) is 5.35. The number of hydrogen-bond donors (Lipinski definition) is 2. The van der Waals surface area contributed by atoms with E-state index in [9.17, 15) is 9.59 Å². The highest BCUT2D eigenvalue weighted by Crippen LogP contribution is 2.11. The molecule has 2 atom stereocenters. The van der Waals surface area contributed by atoms with Crippen molar-refractivity contribution >= 4 is 11.8 Å². The van der Waals surface area contributed by atoms with Crippen LogP contribution in [-0.2, 0) is 9.53 Å². The van der Waals surface area contributed by atoms with E-state index >= 15 is 0 Å². The zero-order valence-electron chi connectivity index (χ0n) is 11.9. The first-order chi connectivity index (χ1) is 10.1. The predicted octanol–water partition coefficient (Wildman–Crippen LogP) is 0.00770. The van der Waals surface area contributed by atoms with Crippen LogP contribution in [0.4, 0.5) is 0 Å². The van der Waals surface area contributed by atoms with E-state index in [2.05, 4.69) is 5.32 Å². The lowest BCUT2D eigenvalue weighted by Crippen LogP contribution is -2.50. The van der Waals surface area contributed by atoms with Crippen LogP contribution >= 0.6 is 0 Å². The van der Waals surface area contributed by atoms with Gasteiger partial charge in [0.05, 0.1) is 25.1 Å². The van der Waals surface area contributed by atoms with Crippen molar-refractivity contribution in [1.29, 1.82) is 0 Å². The summed E-state index contributed by atoms with van der Waals surface area (Å²) >= 11 is 0. The first-order valence-corrected chi connectivity index (χ1v) is 6.96. The Balaban J connectivity index is 1.75. The summed E-state index contributed by atoms with van der Waals surface area (Å²) in [6.07, 6.45) is 1.19. The fourth-order valence-electron chi connectivity index (χ4n) is 2.29. The standard InChI is InChI=1S/C14H20N2O5/c1-10-7-16(8-11(9-17)21-10)13(18)4-5-15-14(19)12-3-2-6-20-12/h2-3,6,10-11,17H,4-5,7-9H2,1H3,(H,15,19). The van der Waals surface area contributed by atoms with Crippen molar-refractivity contribution in [3.05, 3.63) is 24.2 Å². The first kappa shape index (κ1) is 15.5. The molecule has 1 aliphatic heterocycles. The summed E-state index contributed by atoms with van der Waals surface area (Å²) in [7, 11) is 0. The normalized spacial score (nSPS) is 22.1. The molecule has 2 amide bonds. The second kappa shape index (κ2) is 7.24. The molecule has 2 rings (SSSR count). The molecule has 21 heavy (non-hydrogen) atoms. The van der Waals surface area contributed by atoms with E-state index < -0.39 is 0 Å². The van der Waals surface area contributed by atoms with E-state index in [0.29, 0.717) is 13.1 Å². The van der Waals surface area contributed by atoms with Crippen molar-refractivity contribution in [3.8, 4) is 0 Å². The lowest BCUT2D eigenvalue weighted by molar-refractivity contribution is -0.146. The molecule has 1 fully saturated rings. The Hall–Kier alpha value is -1.86. The molecule has 0 aliphatic carbocycles. The summed E-state index contributed by atoms with van der Waals surface area (Å²) in [5, 5.41) is 11.8. The summed E-state index contributed by atoms with van der Waals surface area (Å²) in [6, 6.07) is 3.19. The third kappa shape index (κ3) is 4.30. The van der Waals surface area contributed by atoms with Gasteiger partial charge in [0.2, 0.25) is 5.91 Å². The molecule has 7 nitrogen and oxygen atoms in total. The Morgan fingerprint density at radius 1 is 1.48 bits per heavy atom. The van der Waals surface area contributed by atoms with E-state index in [-0.39, 0.29) is 49.4 Å². The molecular formula is C14H20N2O5. The Morgan fingerprint density at radius 2 is 2.29 bits per heavy atom. The first-order valence-electron chi connectivity index (χ1n) is 6.96. The number of aliphatic hydroxyl groups is 1. The highest BCUT2D eigenvalue weighted by Gasteiger charge is 2.27. The molecule has 0 spiro atoms. The molecule has 2 N–H and O–H groups in total. The molecular weight excluding hydrogens is 276 g/mol. The average molecular weight is 296 g/mol. The van der Waals surface area contributed by atoms with Crippen molar-refractivity contribution in [3.63, 3.8) is 0 Å². The lowest BCUT2D eigenvalue weighted by atomic mass is 10.2. The molecule has 1 aromatic heterocycles. The number of morpholine rings is 1. The SMILES string of the molecule is CC1CN(C(=O)CCNC(=O)c2ccco2)CC(CO)O1. The van der Waals surface area contributed by atoms with E-state index in [0.717, 1.165) is 0 Å². The minimum absolute atomic E-state index is 0.0663. The van der Waals surface area contributed by atoms with Crippen LogP contribution in [0.1, 0.15) is 23.9 Å². The molecule has 1 aliphatic rings. The average Bonchev–Trinajstić information content (AvgIpc) is 3.00. The number of carbonyl (C=O) groups is 2. The van der Waals surface area contributed by atoms with Gasteiger partial charge in [-0.3, -0.25) is 9.59 Å². The quantitative estimate of drug-likeness (QED) is 0.798. The molecule has 0 saturated carbocycles. The topological polar surface area (TPSA) is 92.0 Å². The fourth-order valence-corrected chi connectivity index (χ4v) is 2.29. The highest BCUT2D eigenvalue weighted by atomic mass is 16.5. The number of ether oxygens (including phenoxy) is 1. The minimum Gasteiger partial charge on any atom is -0.459 e. The zero-order chi connectivity index (χ0) is 15.2. The van der Waals surface area contributed by atoms with Crippen LogP contribution < -0.4 is 5.32 Å². The molecule has 0 bridgehead atoms. The van der Waals surface area contributed by atoms with E-state index in [1.165, 1.54) is 6.26 Å². The molecule has 1 saturated heterocycles. The van der Waals surface area contributed by atoms with Crippen LogP contribution in [0.15, 0.2) is 22.8 Å². The van der Waals surface area contributed by atoms with Crippen LogP contribution in [0.25, 0.3) is 0 Å². The molecule has 116 valence electrons. The van der Waals surface area contributed by atoms with Crippen LogP contribution in [0.2, 0.25) is 0 Å². The maximum atomic E-state index is 12.1. The number of aliphatic hydroxyl groups excluding tert-OH is 1. The number of carbonyl (C=O) groups excluding carboxylic acids is 2. The van der Waals surface area contributed by atoms with Gasteiger partial charge in [-0.25, -0.2) is 0 Å². The van der Waals surface area contributed by atoms with Crippen LogP contribution in [0.5, 0.6) is 0 Å². The van der Waals surface area contributed by atoms with Crippen molar-refractivity contribution < 1.29 is 23.8 Å². The van der Waals surface area contributed by atoms with E-state index in [4.69, 9.17) is 14.3 Å². The fraction of sp³-hybridized carbons (Fsp3) is 0.571. The van der Waals surface area contributed by atoms with E-state index in [1.807, 2.05) is 6.92 Å². The Bertz CT molecular complexity index is 474. The van der Waals surface area contributed by atoms with Gasteiger partial charge in [0.25, 0.3) is 5.91 Å². The van der Waals surface area contributed by atoms with Gasteiger partial charge in [-0.15, -0.1) is 0 Å². The second-order valence-corrected chi connectivity index (χ2v) is 5.03. The molecule has 0 aromatic carbocycles. The van der Waals surface area contributed by atoms with Gasteiger partial charge in [-0.2, -0.15) is 0 Å². The Morgan fingerprint density at radius 3 is 2.95 bits per heavy atom. The maximum Gasteiger partial charge on any atom is 0.286 e. The molecule has 2 unspecified atom stereocenters. The molecule has 0 radical (unpaired) electrons. The smallest absolute Gasteiger partial charge is 0.286 e.